The molecule has 2 rings (SSSR count). The van der Waals surface area contributed by atoms with Crippen molar-refractivity contribution in [2.45, 2.75) is 79.2 Å². The molecule has 0 heterocycles. The first-order valence-corrected chi connectivity index (χ1v) is 10.5. The predicted molar refractivity (Wildman–Crippen MR) is 124 cm³/mol. The first-order chi connectivity index (χ1) is 13.8. The highest BCUT2D eigenvalue weighted by molar-refractivity contribution is 5.81. The van der Waals surface area contributed by atoms with Crippen molar-refractivity contribution in [3.63, 3.8) is 0 Å². The van der Waals surface area contributed by atoms with E-state index in [0.717, 1.165) is 38.9 Å². The van der Waals surface area contributed by atoms with Crippen LogP contribution in [0.15, 0.2) is 36.9 Å². The molecule has 0 atom stereocenters. The Kier molecular flexibility index (Phi) is 6.86. The molecule has 0 radical (unpaired) electrons. The first kappa shape index (κ1) is 23.7. The van der Waals surface area contributed by atoms with E-state index < -0.39 is 5.97 Å². The average Bonchev–Trinajstić information content (AvgIpc) is 2.60. The van der Waals surface area contributed by atoms with E-state index >= 15 is 0 Å². The minimum absolute atomic E-state index is 0.109. The Labute approximate surface area is 181 Å². The van der Waals surface area contributed by atoms with Gasteiger partial charge in [0.25, 0.3) is 0 Å². The van der Waals surface area contributed by atoms with Crippen molar-refractivity contribution in [2.24, 2.45) is 0 Å². The molecule has 0 aliphatic heterocycles. The van der Waals surface area contributed by atoms with E-state index in [-0.39, 0.29) is 17.4 Å². The number of benzene rings is 2. The smallest absolute Gasteiger partial charge is 0.330 e. The number of esters is 1. The molecular formula is C27H36O3. The van der Waals surface area contributed by atoms with Gasteiger partial charge in [-0.2, -0.15) is 0 Å². The van der Waals surface area contributed by atoms with Gasteiger partial charge in [0.15, 0.2) is 0 Å². The molecule has 3 heteroatoms. The van der Waals surface area contributed by atoms with E-state index in [1.807, 2.05) is 13.0 Å². The third-order valence-corrected chi connectivity index (χ3v) is 5.42. The Bertz CT molecular complexity index is 954. The van der Waals surface area contributed by atoms with Crippen molar-refractivity contribution in [3.8, 4) is 5.75 Å². The average molecular weight is 409 g/mol. The molecule has 0 bridgehead atoms. The summed E-state index contributed by atoms with van der Waals surface area (Å²) < 4.78 is 5.44. The van der Waals surface area contributed by atoms with Crippen molar-refractivity contribution < 1.29 is 14.6 Å². The number of phenols is 1. The van der Waals surface area contributed by atoms with E-state index in [0.29, 0.717) is 12.2 Å². The summed E-state index contributed by atoms with van der Waals surface area (Å²) in [4.78, 5) is 11.7. The van der Waals surface area contributed by atoms with Gasteiger partial charge < -0.3 is 9.84 Å². The van der Waals surface area contributed by atoms with Crippen LogP contribution in [0.3, 0.4) is 0 Å². The topological polar surface area (TPSA) is 46.5 Å². The maximum Gasteiger partial charge on any atom is 0.330 e. The number of phenolic OH excluding ortho intramolecular Hbond substituents is 1. The monoisotopic (exact) mass is 408 g/mol. The molecule has 2 aromatic rings. The lowest BCUT2D eigenvalue weighted by atomic mass is 9.79. The Balaban J connectivity index is 2.63. The van der Waals surface area contributed by atoms with E-state index in [1.165, 1.54) is 6.08 Å². The van der Waals surface area contributed by atoms with Gasteiger partial charge in [-0.3, -0.25) is 0 Å². The summed E-state index contributed by atoms with van der Waals surface area (Å²) in [5, 5.41) is 11.1. The Hall–Kier alpha value is -2.55. The van der Waals surface area contributed by atoms with Crippen LogP contribution in [0, 0.1) is 13.8 Å². The molecule has 30 heavy (non-hydrogen) atoms. The molecule has 0 unspecified atom stereocenters. The summed E-state index contributed by atoms with van der Waals surface area (Å²) >= 11 is 0. The van der Waals surface area contributed by atoms with Crippen LogP contribution in [0.5, 0.6) is 5.75 Å². The summed E-state index contributed by atoms with van der Waals surface area (Å²) in [5.41, 5.74) is 7.04. The first-order valence-electron chi connectivity index (χ1n) is 10.5. The SMILES string of the molecule is C=CC(=O)OCc1c(Cc2ccc(C)c(C(C)(C)C)c2O)cc(C)cc1C(C)(C)C. The molecule has 0 saturated heterocycles. The number of rotatable bonds is 5. The van der Waals surface area contributed by atoms with E-state index in [9.17, 15) is 9.90 Å². The van der Waals surface area contributed by atoms with Gasteiger partial charge in [-0.05, 0) is 52.5 Å². The van der Waals surface area contributed by atoms with Crippen LogP contribution >= 0.6 is 0 Å². The molecule has 0 aromatic heterocycles. The highest BCUT2D eigenvalue weighted by atomic mass is 16.5. The quantitative estimate of drug-likeness (QED) is 0.458. The largest absolute Gasteiger partial charge is 0.507 e. The minimum Gasteiger partial charge on any atom is -0.507 e. The van der Waals surface area contributed by atoms with Crippen LogP contribution in [0.4, 0.5) is 0 Å². The Morgan fingerprint density at radius 3 is 2.20 bits per heavy atom. The van der Waals surface area contributed by atoms with Gasteiger partial charge in [-0.15, -0.1) is 0 Å². The van der Waals surface area contributed by atoms with Crippen LogP contribution in [0.25, 0.3) is 0 Å². The fourth-order valence-electron chi connectivity index (χ4n) is 4.12. The lowest BCUT2D eigenvalue weighted by Crippen LogP contribution is -2.18. The number of carbonyl (C=O) groups is 1. The van der Waals surface area contributed by atoms with Crippen LogP contribution < -0.4 is 0 Å². The summed E-state index contributed by atoms with van der Waals surface area (Å²) in [7, 11) is 0. The van der Waals surface area contributed by atoms with Crippen LogP contribution in [-0.4, -0.2) is 11.1 Å². The van der Waals surface area contributed by atoms with Crippen molar-refractivity contribution in [1.82, 2.24) is 0 Å². The molecule has 0 fully saturated rings. The molecule has 0 aliphatic carbocycles. The zero-order valence-electron chi connectivity index (χ0n) is 19.8. The van der Waals surface area contributed by atoms with Crippen molar-refractivity contribution in [1.29, 1.82) is 0 Å². The summed E-state index contributed by atoms with van der Waals surface area (Å²) in [5.74, 6) is -0.0788. The van der Waals surface area contributed by atoms with Gasteiger partial charge >= 0.3 is 5.97 Å². The molecule has 1 N–H and O–H groups in total. The summed E-state index contributed by atoms with van der Waals surface area (Å²) in [6, 6.07) is 8.37. The second kappa shape index (κ2) is 8.67. The van der Waals surface area contributed by atoms with Gasteiger partial charge in [0, 0.05) is 18.1 Å². The molecule has 0 spiro atoms. The molecule has 0 saturated carbocycles. The van der Waals surface area contributed by atoms with Gasteiger partial charge in [-0.1, -0.05) is 78.0 Å². The van der Waals surface area contributed by atoms with E-state index in [2.05, 4.69) is 73.2 Å². The lowest BCUT2D eigenvalue weighted by Gasteiger charge is -2.27. The van der Waals surface area contributed by atoms with Crippen LogP contribution in [0.1, 0.15) is 80.5 Å². The van der Waals surface area contributed by atoms with Crippen molar-refractivity contribution in [3.05, 3.63) is 75.9 Å². The van der Waals surface area contributed by atoms with E-state index in [4.69, 9.17) is 4.74 Å². The predicted octanol–water partition coefficient (Wildman–Crippen LogP) is 6.42. The van der Waals surface area contributed by atoms with Gasteiger partial charge in [0.1, 0.15) is 12.4 Å². The molecule has 3 nitrogen and oxygen atoms in total. The standard InChI is InChI=1S/C27H36O3/c1-10-23(28)30-16-21-20(13-17(2)14-22(21)26(4,5)6)15-19-12-11-18(3)24(25(19)29)27(7,8)9/h10-14,29H,1,15-16H2,2-9H3. The molecular weight excluding hydrogens is 372 g/mol. The number of aryl methyl sites for hydroxylation is 2. The third kappa shape index (κ3) is 5.33. The highest BCUT2D eigenvalue weighted by Gasteiger charge is 2.25. The number of ether oxygens (including phenoxy) is 1. The summed E-state index contributed by atoms with van der Waals surface area (Å²) in [6.07, 6.45) is 1.76. The van der Waals surface area contributed by atoms with Crippen molar-refractivity contribution in [2.75, 3.05) is 0 Å². The van der Waals surface area contributed by atoms with Gasteiger partial charge in [0.2, 0.25) is 0 Å². The normalized spacial score (nSPS) is 12.0. The molecule has 2 aromatic carbocycles. The molecule has 162 valence electrons. The van der Waals surface area contributed by atoms with Gasteiger partial charge in [-0.25, -0.2) is 4.79 Å². The summed E-state index contributed by atoms with van der Waals surface area (Å²) in [6.45, 7) is 20.6. The Morgan fingerprint density at radius 2 is 1.67 bits per heavy atom. The fourth-order valence-corrected chi connectivity index (χ4v) is 4.12. The second-order valence-corrected chi connectivity index (χ2v) is 10.2. The zero-order valence-corrected chi connectivity index (χ0v) is 19.8. The maximum absolute atomic E-state index is 11.7. The van der Waals surface area contributed by atoms with Crippen molar-refractivity contribution >= 4 is 5.97 Å². The maximum atomic E-state index is 11.7. The molecule has 0 aliphatic rings. The fraction of sp³-hybridized carbons (Fsp3) is 0.444. The van der Waals surface area contributed by atoms with Crippen LogP contribution in [0.2, 0.25) is 0 Å². The van der Waals surface area contributed by atoms with E-state index in [1.54, 1.807) is 0 Å². The third-order valence-electron chi connectivity index (χ3n) is 5.42. The lowest BCUT2D eigenvalue weighted by molar-refractivity contribution is -0.139. The number of hydrogen-bond donors (Lipinski definition) is 1. The van der Waals surface area contributed by atoms with Gasteiger partial charge in [0.05, 0.1) is 0 Å². The van der Waals surface area contributed by atoms with Crippen LogP contribution in [-0.2, 0) is 33.4 Å². The minimum atomic E-state index is -0.436. The number of aromatic hydroxyl groups is 1. The Morgan fingerprint density at radius 1 is 1.03 bits per heavy atom. The number of carbonyl (C=O) groups excluding carboxylic acids is 1. The highest BCUT2D eigenvalue weighted by Crippen LogP contribution is 2.38. The number of hydrogen-bond acceptors (Lipinski definition) is 3. The molecule has 0 amide bonds. The second-order valence-electron chi connectivity index (χ2n) is 10.2. The zero-order chi connectivity index (χ0) is 22.9.